The van der Waals surface area contributed by atoms with Crippen molar-refractivity contribution in [1.29, 1.82) is 0 Å². The Morgan fingerprint density at radius 1 is 1.38 bits per heavy atom. The molecule has 3 rings (SSSR count). The van der Waals surface area contributed by atoms with Crippen molar-refractivity contribution in [3.8, 4) is 5.75 Å². The van der Waals surface area contributed by atoms with Crippen LogP contribution < -0.4 is 10.1 Å². The summed E-state index contributed by atoms with van der Waals surface area (Å²) in [7, 11) is -1.90. The van der Waals surface area contributed by atoms with E-state index in [-0.39, 0.29) is 6.04 Å². The average Bonchev–Trinajstić information content (AvgIpc) is 3.02. The van der Waals surface area contributed by atoms with Gasteiger partial charge < -0.3 is 10.1 Å². The Labute approximate surface area is 133 Å². The van der Waals surface area contributed by atoms with Crippen molar-refractivity contribution < 1.29 is 13.2 Å². The van der Waals surface area contributed by atoms with Gasteiger partial charge in [-0.1, -0.05) is 0 Å². The number of hydrogen-bond acceptors (Lipinski definition) is 4. The number of halogens is 1. The van der Waals surface area contributed by atoms with E-state index in [1.165, 1.54) is 0 Å². The van der Waals surface area contributed by atoms with Gasteiger partial charge in [0.15, 0.2) is 0 Å². The van der Waals surface area contributed by atoms with E-state index >= 15 is 0 Å². The second-order valence-corrected chi connectivity index (χ2v) is 8.44. The van der Waals surface area contributed by atoms with Crippen LogP contribution in [0.3, 0.4) is 0 Å². The molecular formula is C14H19BrN2O3S. The maximum atomic E-state index is 12.9. The first-order chi connectivity index (χ1) is 9.95. The first kappa shape index (κ1) is 15.3. The highest BCUT2D eigenvalue weighted by atomic mass is 79.9. The zero-order valence-electron chi connectivity index (χ0n) is 12.0. The van der Waals surface area contributed by atoms with Gasteiger partial charge in [-0.05, 0) is 66.0 Å². The minimum atomic E-state index is -3.46. The Balaban J connectivity index is 1.92. The predicted molar refractivity (Wildman–Crippen MR) is 83.9 cm³/mol. The third-order valence-corrected chi connectivity index (χ3v) is 7.18. The van der Waals surface area contributed by atoms with E-state index in [9.17, 15) is 8.42 Å². The molecule has 1 aromatic carbocycles. The van der Waals surface area contributed by atoms with Crippen molar-refractivity contribution in [3.63, 3.8) is 0 Å². The Morgan fingerprint density at radius 2 is 2.14 bits per heavy atom. The summed E-state index contributed by atoms with van der Waals surface area (Å²) >= 11 is 3.35. The van der Waals surface area contributed by atoms with Crippen LogP contribution in [0, 0.1) is 11.8 Å². The van der Waals surface area contributed by atoms with Crippen molar-refractivity contribution in [3.05, 3.63) is 22.7 Å². The largest absolute Gasteiger partial charge is 0.496 e. The molecule has 2 saturated heterocycles. The third kappa shape index (κ3) is 2.50. The van der Waals surface area contributed by atoms with Crippen molar-refractivity contribution in [2.75, 3.05) is 26.7 Å². The minimum absolute atomic E-state index is 0.0378. The second kappa shape index (κ2) is 5.53. The lowest BCUT2D eigenvalue weighted by molar-refractivity contribution is 0.360. The van der Waals surface area contributed by atoms with Crippen molar-refractivity contribution >= 4 is 26.0 Å². The van der Waals surface area contributed by atoms with Crippen LogP contribution in [0.5, 0.6) is 5.75 Å². The number of sulfonamides is 1. The first-order valence-corrected chi connectivity index (χ1v) is 9.24. The summed E-state index contributed by atoms with van der Waals surface area (Å²) in [6, 6.07) is 4.95. The number of fused-ring (bicyclic) bond motifs is 1. The molecule has 0 aromatic heterocycles. The number of nitrogens with one attached hydrogen (secondary N) is 1. The molecule has 0 spiro atoms. The summed E-state index contributed by atoms with van der Waals surface area (Å²) in [6.45, 7) is 4.43. The summed E-state index contributed by atoms with van der Waals surface area (Å²) in [5.41, 5.74) is 0. The van der Waals surface area contributed by atoms with Gasteiger partial charge in [0.1, 0.15) is 5.75 Å². The van der Waals surface area contributed by atoms with Gasteiger partial charge in [0, 0.05) is 12.6 Å². The lowest BCUT2D eigenvalue weighted by Gasteiger charge is -2.24. The molecule has 1 aromatic rings. The maximum Gasteiger partial charge on any atom is 0.243 e. The van der Waals surface area contributed by atoms with Gasteiger partial charge in [-0.15, -0.1) is 0 Å². The zero-order valence-corrected chi connectivity index (χ0v) is 14.4. The molecule has 7 heteroatoms. The van der Waals surface area contributed by atoms with E-state index in [2.05, 4.69) is 21.2 Å². The topological polar surface area (TPSA) is 58.6 Å². The number of nitrogens with zero attached hydrogens (tertiary/aromatic N) is 1. The molecule has 0 radical (unpaired) electrons. The Hall–Kier alpha value is -0.630. The molecule has 0 aliphatic carbocycles. The highest BCUT2D eigenvalue weighted by Crippen LogP contribution is 2.37. The van der Waals surface area contributed by atoms with Crippen LogP contribution in [0.15, 0.2) is 27.6 Å². The highest BCUT2D eigenvalue weighted by molar-refractivity contribution is 9.10. The van der Waals surface area contributed by atoms with Gasteiger partial charge in [0.25, 0.3) is 0 Å². The minimum Gasteiger partial charge on any atom is -0.496 e. The fourth-order valence-corrected chi connectivity index (χ4v) is 5.84. The number of rotatable bonds is 3. The highest BCUT2D eigenvalue weighted by Gasteiger charge is 2.46. The molecule has 5 nitrogen and oxygen atoms in total. The number of methoxy groups -OCH3 is 1. The molecule has 0 saturated carbocycles. The zero-order chi connectivity index (χ0) is 15.2. The van der Waals surface area contributed by atoms with Gasteiger partial charge in [0.2, 0.25) is 10.0 Å². The predicted octanol–water partition coefficient (Wildman–Crippen LogP) is 1.69. The molecule has 3 atom stereocenters. The lowest BCUT2D eigenvalue weighted by Crippen LogP contribution is -2.38. The molecule has 2 aliphatic rings. The molecule has 0 bridgehead atoms. The molecular weight excluding hydrogens is 356 g/mol. The van der Waals surface area contributed by atoms with E-state index in [4.69, 9.17) is 4.74 Å². The first-order valence-electron chi connectivity index (χ1n) is 7.01. The molecule has 2 heterocycles. The van der Waals surface area contributed by atoms with Crippen molar-refractivity contribution in [1.82, 2.24) is 9.62 Å². The molecule has 2 fully saturated rings. The fourth-order valence-electron chi connectivity index (χ4n) is 3.39. The fraction of sp³-hybridized carbons (Fsp3) is 0.571. The second-order valence-electron chi connectivity index (χ2n) is 5.69. The normalized spacial score (nSPS) is 29.6. The Bertz CT molecular complexity index is 650. The monoisotopic (exact) mass is 374 g/mol. The summed E-state index contributed by atoms with van der Waals surface area (Å²) in [5.74, 6) is 1.47. The third-order valence-electron chi connectivity index (χ3n) is 4.61. The SMILES string of the molecule is COc1ccc(S(=O)(=O)N2CC3CNCC3C2C)cc1Br. The van der Waals surface area contributed by atoms with E-state index < -0.39 is 10.0 Å². The quantitative estimate of drug-likeness (QED) is 0.874. The van der Waals surface area contributed by atoms with Crippen molar-refractivity contribution in [2.45, 2.75) is 17.9 Å². The van der Waals surface area contributed by atoms with Crippen LogP contribution in [-0.4, -0.2) is 45.5 Å². The van der Waals surface area contributed by atoms with Crippen LogP contribution in [0.4, 0.5) is 0 Å². The Kier molecular flexibility index (Phi) is 4.02. The summed E-state index contributed by atoms with van der Waals surface area (Å²) < 4.78 is 33.2. The van der Waals surface area contributed by atoms with E-state index in [0.717, 1.165) is 13.1 Å². The number of benzene rings is 1. The molecule has 21 heavy (non-hydrogen) atoms. The van der Waals surface area contributed by atoms with E-state index in [1.54, 1.807) is 29.6 Å². The van der Waals surface area contributed by atoms with Crippen LogP contribution >= 0.6 is 15.9 Å². The summed E-state index contributed by atoms with van der Waals surface area (Å²) in [6.07, 6.45) is 0. The molecule has 3 unspecified atom stereocenters. The van der Waals surface area contributed by atoms with E-state index in [1.807, 2.05) is 6.92 Å². The Morgan fingerprint density at radius 3 is 2.76 bits per heavy atom. The summed E-state index contributed by atoms with van der Waals surface area (Å²) in [4.78, 5) is 0.315. The number of ether oxygens (including phenoxy) is 1. The average molecular weight is 375 g/mol. The molecule has 116 valence electrons. The number of hydrogen-bond donors (Lipinski definition) is 1. The van der Waals surface area contributed by atoms with E-state index in [0.29, 0.717) is 33.5 Å². The van der Waals surface area contributed by atoms with Crippen LogP contribution in [0.25, 0.3) is 0 Å². The maximum absolute atomic E-state index is 12.9. The lowest BCUT2D eigenvalue weighted by atomic mass is 9.95. The van der Waals surface area contributed by atoms with Gasteiger partial charge in [-0.3, -0.25) is 0 Å². The van der Waals surface area contributed by atoms with Crippen LogP contribution in [-0.2, 0) is 10.0 Å². The van der Waals surface area contributed by atoms with Gasteiger partial charge >= 0.3 is 0 Å². The smallest absolute Gasteiger partial charge is 0.243 e. The standard InChI is InChI=1S/C14H19BrN2O3S/c1-9-12-7-16-6-10(12)8-17(9)21(18,19)11-3-4-14(20-2)13(15)5-11/h3-5,9-10,12,16H,6-8H2,1-2H3. The molecule has 0 amide bonds. The van der Waals surface area contributed by atoms with Gasteiger partial charge in [0.05, 0.1) is 16.5 Å². The van der Waals surface area contributed by atoms with Crippen LogP contribution in [0.2, 0.25) is 0 Å². The summed E-state index contributed by atoms with van der Waals surface area (Å²) in [5, 5.41) is 3.35. The van der Waals surface area contributed by atoms with Gasteiger partial charge in [-0.2, -0.15) is 4.31 Å². The van der Waals surface area contributed by atoms with Crippen LogP contribution in [0.1, 0.15) is 6.92 Å². The van der Waals surface area contributed by atoms with Crippen molar-refractivity contribution in [2.24, 2.45) is 11.8 Å². The van der Waals surface area contributed by atoms with Gasteiger partial charge in [-0.25, -0.2) is 8.42 Å². The molecule has 2 aliphatic heterocycles. The molecule has 1 N–H and O–H groups in total.